The molecule has 2 aromatic carbocycles. The van der Waals surface area contributed by atoms with E-state index in [1.165, 1.54) is 55.6 Å². The number of amides is 1. The Bertz CT molecular complexity index is 1370. The molecular formula is C26H21F4N3O3. The average Bonchev–Trinajstić information content (AvgIpc) is 3.26. The highest BCUT2D eigenvalue weighted by Gasteiger charge is 2.29. The highest BCUT2D eigenvalue weighted by Crippen LogP contribution is 2.35. The van der Waals surface area contributed by atoms with Crippen LogP contribution in [-0.2, 0) is 5.92 Å². The maximum atomic E-state index is 14.0. The molecule has 0 bridgehead atoms. The molecule has 36 heavy (non-hydrogen) atoms. The van der Waals surface area contributed by atoms with Crippen LogP contribution in [0.2, 0.25) is 0 Å². The van der Waals surface area contributed by atoms with E-state index in [4.69, 9.17) is 4.42 Å². The minimum Gasteiger partial charge on any atom is -0.434 e. The number of benzene rings is 2. The predicted molar refractivity (Wildman–Crippen MR) is 125 cm³/mol. The lowest BCUT2D eigenvalue weighted by atomic mass is 10.1. The van der Waals surface area contributed by atoms with Gasteiger partial charge >= 0.3 is 6.61 Å². The van der Waals surface area contributed by atoms with E-state index in [-0.39, 0.29) is 46.3 Å². The Kier molecular flexibility index (Phi) is 7.05. The number of halogens is 4. The van der Waals surface area contributed by atoms with Crippen LogP contribution in [0.25, 0.3) is 22.7 Å². The number of alkyl halides is 4. The smallest absolute Gasteiger partial charge is 0.387 e. The lowest BCUT2D eigenvalue weighted by Gasteiger charge is -2.15. The monoisotopic (exact) mass is 499 g/mol. The maximum absolute atomic E-state index is 14.0. The molecule has 0 fully saturated rings. The normalized spacial score (nSPS) is 11.5. The second-order valence-corrected chi connectivity index (χ2v) is 7.83. The molecule has 2 aromatic heterocycles. The Balaban J connectivity index is 1.64. The molecule has 0 aliphatic heterocycles. The third-order valence-corrected chi connectivity index (χ3v) is 5.37. The molecule has 0 saturated heterocycles. The van der Waals surface area contributed by atoms with Gasteiger partial charge in [-0.2, -0.15) is 8.78 Å². The predicted octanol–water partition coefficient (Wildman–Crippen LogP) is 7.07. The van der Waals surface area contributed by atoms with Gasteiger partial charge in [0, 0.05) is 35.0 Å². The number of oxazole rings is 1. The fraction of sp³-hybridized carbons (Fsp3) is 0.192. The van der Waals surface area contributed by atoms with Crippen molar-refractivity contribution in [3.63, 3.8) is 0 Å². The number of aromatic nitrogens is 2. The summed E-state index contributed by atoms with van der Waals surface area (Å²) in [4.78, 5) is 21.3. The van der Waals surface area contributed by atoms with Crippen molar-refractivity contribution in [1.82, 2.24) is 9.97 Å². The van der Waals surface area contributed by atoms with E-state index < -0.39 is 18.4 Å². The number of hydrogen-bond donors (Lipinski definition) is 1. The van der Waals surface area contributed by atoms with Crippen molar-refractivity contribution in [3.05, 3.63) is 83.9 Å². The van der Waals surface area contributed by atoms with Crippen LogP contribution in [0.5, 0.6) is 5.75 Å². The first-order valence-corrected chi connectivity index (χ1v) is 11.0. The summed E-state index contributed by atoms with van der Waals surface area (Å²) in [6.45, 7) is -0.110. The van der Waals surface area contributed by atoms with Crippen LogP contribution in [0.1, 0.15) is 35.2 Å². The van der Waals surface area contributed by atoms with Gasteiger partial charge < -0.3 is 14.5 Å². The van der Waals surface area contributed by atoms with Gasteiger partial charge in [-0.05, 0) is 49.4 Å². The highest BCUT2D eigenvalue weighted by molar-refractivity contribution is 6.03. The van der Waals surface area contributed by atoms with E-state index >= 15 is 0 Å². The number of nitrogens with one attached hydrogen (secondary N) is 1. The van der Waals surface area contributed by atoms with E-state index in [0.29, 0.717) is 11.3 Å². The number of nitrogens with zero attached hydrogens (tertiary/aromatic N) is 2. The third-order valence-electron chi connectivity index (χ3n) is 5.37. The molecular weight excluding hydrogens is 478 g/mol. The largest absolute Gasteiger partial charge is 0.434 e. The van der Waals surface area contributed by atoms with E-state index in [1.807, 2.05) is 0 Å². The first-order valence-electron chi connectivity index (χ1n) is 11.0. The summed E-state index contributed by atoms with van der Waals surface area (Å²) >= 11 is 0. The number of rotatable bonds is 8. The molecule has 0 unspecified atom stereocenters. The SMILES string of the molecule is CCC(F)(F)c1cccc(NC(=O)c2oc(-c3ccc(OC(F)F)c(-c4ccccn4)c3)nc2C)c1. The topological polar surface area (TPSA) is 77.2 Å². The van der Waals surface area contributed by atoms with Crippen molar-refractivity contribution >= 4 is 11.6 Å². The number of hydrogen-bond acceptors (Lipinski definition) is 5. The Hall–Kier alpha value is -4.21. The molecule has 0 saturated carbocycles. The first kappa shape index (κ1) is 24.9. The van der Waals surface area contributed by atoms with Crippen molar-refractivity contribution in [2.75, 3.05) is 5.32 Å². The molecule has 0 radical (unpaired) electrons. The van der Waals surface area contributed by atoms with Crippen molar-refractivity contribution in [2.24, 2.45) is 0 Å². The lowest BCUT2D eigenvalue weighted by molar-refractivity contribution is -0.0494. The second-order valence-electron chi connectivity index (χ2n) is 7.83. The minimum absolute atomic E-state index is 0.0599. The van der Waals surface area contributed by atoms with E-state index in [1.54, 1.807) is 25.1 Å². The third kappa shape index (κ3) is 5.37. The minimum atomic E-state index is -3.03. The van der Waals surface area contributed by atoms with Crippen LogP contribution in [0.4, 0.5) is 23.2 Å². The molecule has 1 N–H and O–H groups in total. The molecule has 0 spiro atoms. The zero-order chi connectivity index (χ0) is 25.9. The van der Waals surface area contributed by atoms with Gasteiger partial charge in [-0.25, -0.2) is 13.8 Å². The number of aryl methyl sites for hydroxylation is 1. The number of ether oxygens (including phenoxy) is 1. The molecule has 4 rings (SSSR count). The van der Waals surface area contributed by atoms with Gasteiger partial charge in [-0.1, -0.05) is 25.1 Å². The number of pyridine rings is 1. The van der Waals surface area contributed by atoms with Crippen LogP contribution in [0.3, 0.4) is 0 Å². The fourth-order valence-corrected chi connectivity index (χ4v) is 3.53. The summed E-state index contributed by atoms with van der Waals surface area (Å²) in [5.74, 6) is -3.85. The zero-order valence-corrected chi connectivity index (χ0v) is 19.3. The van der Waals surface area contributed by atoms with Gasteiger partial charge in [0.2, 0.25) is 11.7 Å². The Morgan fingerprint density at radius 2 is 1.92 bits per heavy atom. The van der Waals surface area contributed by atoms with Crippen molar-refractivity contribution in [2.45, 2.75) is 32.8 Å². The van der Waals surface area contributed by atoms with E-state index in [2.05, 4.69) is 20.0 Å². The summed E-state index contributed by atoms with van der Waals surface area (Å²) in [6.07, 6.45) is 1.13. The molecule has 6 nitrogen and oxygen atoms in total. The molecule has 4 aromatic rings. The first-order chi connectivity index (χ1) is 17.2. The van der Waals surface area contributed by atoms with Gasteiger partial charge in [0.1, 0.15) is 5.75 Å². The van der Waals surface area contributed by atoms with Crippen molar-refractivity contribution in [1.29, 1.82) is 0 Å². The summed E-state index contributed by atoms with van der Waals surface area (Å²) < 4.78 is 64.2. The molecule has 0 atom stereocenters. The Morgan fingerprint density at radius 1 is 1.11 bits per heavy atom. The molecule has 0 aliphatic rings. The van der Waals surface area contributed by atoms with Crippen LogP contribution < -0.4 is 10.1 Å². The Labute approximate surface area is 204 Å². The maximum Gasteiger partial charge on any atom is 0.387 e. The van der Waals surface area contributed by atoms with Crippen molar-refractivity contribution < 1.29 is 31.5 Å². The summed E-state index contributed by atoms with van der Waals surface area (Å²) in [7, 11) is 0. The molecule has 10 heteroatoms. The van der Waals surface area contributed by atoms with Gasteiger partial charge in [0.25, 0.3) is 11.8 Å². The number of anilines is 1. The Morgan fingerprint density at radius 3 is 2.61 bits per heavy atom. The molecule has 186 valence electrons. The van der Waals surface area contributed by atoms with Gasteiger partial charge in [0.15, 0.2) is 0 Å². The van der Waals surface area contributed by atoms with Crippen LogP contribution in [0.15, 0.2) is 71.3 Å². The lowest BCUT2D eigenvalue weighted by Crippen LogP contribution is -2.15. The van der Waals surface area contributed by atoms with Gasteiger partial charge in [-0.3, -0.25) is 9.78 Å². The van der Waals surface area contributed by atoms with Crippen molar-refractivity contribution in [3.8, 4) is 28.5 Å². The highest BCUT2D eigenvalue weighted by atomic mass is 19.3. The molecule has 2 heterocycles. The van der Waals surface area contributed by atoms with E-state index in [9.17, 15) is 22.4 Å². The van der Waals surface area contributed by atoms with Crippen LogP contribution in [-0.4, -0.2) is 22.5 Å². The summed E-state index contributed by atoms with van der Waals surface area (Å²) in [5.41, 5.74) is 1.28. The molecule has 0 aliphatic carbocycles. The van der Waals surface area contributed by atoms with Gasteiger partial charge in [-0.15, -0.1) is 0 Å². The summed E-state index contributed by atoms with van der Waals surface area (Å²) in [5, 5.41) is 2.55. The summed E-state index contributed by atoms with van der Waals surface area (Å²) in [6, 6.07) is 14.7. The number of carbonyl (C=O) groups is 1. The quantitative estimate of drug-likeness (QED) is 0.263. The zero-order valence-electron chi connectivity index (χ0n) is 19.3. The van der Waals surface area contributed by atoms with Gasteiger partial charge in [0.05, 0.1) is 11.4 Å². The van der Waals surface area contributed by atoms with E-state index in [0.717, 1.165) is 0 Å². The van der Waals surface area contributed by atoms with Crippen LogP contribution in [0, 0.1) is 6.92 Å². The fourth-order valence-electron chi connectivity index (χ4n) is 3.53. The number of carbonyl (C=O) groups excluding carboxylic acids is 1. The average molecular weight is 499 g/mol. The second kappa shape index (κ2) is 10.2. The van der Waals surface area contributed by atoms with Crippen LogP contribution >= 0.6 is 0 Å². The standard InChI is InChI=1S/C26H21F4N3O3/c1-3-26(29,30)17-7-6-8-18(14-17)33-23(34)22-15(2)32-24(36-22)16-10-11-21(35-25(27)28)19(13-16)20-9-4-5-12-31-20/h4-14,25H,3H2,1-2H3,(H,33,34). The molecule has 1 amide bonds.